The molecule has 6 unspecified atom stereocenters. The van der Waals surface area contributed by atoms with Gasteiger partial charge < -0.3 is 34.3 Å². The maximum Gasteiger partial charge on any atom is 0.397 e. The van der Waals surface area contributed by atoms with Gasteiger partial charge in [-0.05, 0) is 38.5 Å². The summed E-state index contributed by atoms with van der Waals surface area (Å²) >= 11 is 0. The van der Waals surface area contributed by atoms with Crippen LogP contribution in [0.2, 0.25) is 0 Å². The highest BCUT2D eigenvalue weighted by Gasteiger charge is 2.48. The van der Waals surface area contributed by atoms with Gasteiger partial charge in [-0.25, -0.2) is 4.18 Å². The van der Waals surface area contributed by atoms with Crippen LogP contribution >= 0.6 is 0 Å². The van der Waals surface area contributed by atoms with Gasteiger partial charge in [-0.3, -0.25) is 9.35 Å². The molecule has 13 heteroatoms. The molecule has 0 aliphatic carbocycles. The van der Waals surface area contributed by atoms with Gasteiger partial charge in [0.1, 0.15) is 30.5 Å². The van der Waals surface area contributed by atoms with Crippen molar-refractivity contribution in [2.24, 2.45) is 0 Å². The second-order valence-electron chi connectivity index (χ2n) is 16.7. The Bertz CT molecular complexity index is 1330. The van der Waals surface area contributed by atoms with Crippen molar-refractivity contribution in [1.29, 1.82) is 0 Å². The SMILES string of the molecule is CC/C=C\C/C=C\C/C=C\C/C=C\C/C=C\CC(=O)OC(COCCCCCCCCCCCCCCCCCCCCCCC)COC1OC(CO)C(O)C(OS(=O)(=O)O)C1O. The van der Waals surface area contributed by atoms with Gasteiger partial charge in [0.25, 0.3) is 0 Å². The normalized spacial score (nSPS) is 20.4. The predicted octanol–water partition coefficient (Wildman–Crippen LogP) is 10.9. The van der Waals surface area contributed by atoms with Crippen LogP contribution in [-0.4, -0.2) is 97.5 Å². The summed E-state index contributed by atoms with van der Waals surface area (Å²) in [6, 6.07) is 0. The van der Waals surface area contributed by atoms with E-state index in [-0.39, 0.29) is 19.6 Å². The second kappa shape index (κ2) is 41.2. The lowest BCUT2D eigenvalue weighted by molar-refractivity contribution is -0.301. The molecule has 0 spiro atoms. The Morgan fingerprint density at radius 1 is 0.603 bits per heavy atom. The van der Waals surface area contributed by atoms with Gasteiger partial charge in [-0.1, -0.05) is 203 Å². The molecule has 0 aromatic carbocycles. The highest BCUT2D eigenvalue weighted by Crippen LogP contribution is 2.26. The lowest BCUT2D eigenvalue weighted by Crippen LogP contribution is -2.60. The lowest BCUT2D eigenvalue weighted by atomic mass is 9.99. The molecule has 1 aliphatic rings. The smallest absolute Gasteiger partial charge is 0.397 e. The minimum atomic E-state index is -5.08. The second-order valence-corrected chi connectivity index (χ2v) is 17.7. The summed E-state index contributed by atoms with van der Waals surface area (Å²) in [5, 5.41) is 30.7. The standard InChI is InChI=1S/C50H88O12S/c1-3-5-7-9-11-13-15-17-19-20-21-22-23-24-26-28-30-32-34-36-38-40-58-42-44(43-59-50-48(54)49(62-63(55,56)57)47(53)45(41-51)61-50)60-46(52)39-37-35-33-31-29-27-25-18-16-14-12-10-8-6-4-2/h6,8,12,14,18,25,29,31,35,37,44-45,47-51,53-54H,3-5,7,9-11,13,15-17,19-24,26-28,30,32-34,36,38-43H2,1-2H3,(H,55,56,57)/b8-6-,14-12-,25-18-,31-29-,37-35-. The fraction of sp³-hybridized carbons (Fsp3) is 0.780. The Balaban J connectivity index is 2.41. The summed E-state index contributed by atoms with van der Waals surface area (Å²) in [5.74, 6) is -0.524. The van der Waals surface area contributed by atoms with E-state index in [0.29, 0.717) is 13.0 Å². The Labute approximate surface area is 382 Å². The van der Waals surface area contributed by atoms with Crippen LogP contribution in [0.4, 0.5) is 0 Å². The molecule has 1 rings (SSSR count). The molecule has 12 nitrogen and oxygen atoms in total. The van der Waals surface area contributed by atoms with E-state index in [4.69, 9.17) is 23.5 Å². The maximum atomic E-state index is 12.8. The number of unbranched alkanes of at least 4 members (excludes halogenated alkanes) is 20. The van der Waals surface area contributed by atoms with Crippen LogP contribution in [0.5, 0.6) is 0 Å². The van der Waals surface area contributed by atoms with Gasteiger partial charge in [-0.15, -0.1) is 0 Å². The van der Waals surface area contributed by atoms with Crippen molar-refractivity contribution in [3.63, 3.8) is 0 Å². The van der Waals surface area contributed by atoms with Gasteiger partial charge in [0.05, 0.1) is 26.2 Å². The van der Waals surface area contributed by atoms with Crippen LogP contribution in [0.15, 0.2) is 60.8 Å². The third kappa shape index (κ3) is 34.8. The zero-order chi connectivity index (χ0) is 46.1. The molecular weight excluding hydrogens is 825 g/mol. The quantitative estimate of drug-likeness (QED) is 0.0197. The van der Waals surface area contributed by atoms with Crippen molar-refractivity contribution in [3.05, 3.63) is 60.8 Å². The Kier molecular flexibility index (Phi) is 38.5. The van der Waals surface area contributed by atoms with Crippen molar-refractivity contribution in [1.82, 2.24) is 0 Å². The largest absolute Gasteiger partial charge is 0.457 e. The first-order valence-corrected chi connectivity index (χ1v) is 25.9. The first kappa shape index (κ1) is 58.8. The highest BCUT2D eigenvalue weighted by atomic mass is 32.3. The van der Waals surface area contributed by atoms with E-state index in [1.165, 1.54) is 116 Å². The van der Waals surface area contributed by atoms with Crippen molar-refractivity contribution in [2.45, 2.75) is 224 Å². The van der Waals surface area contributed by atoms with Crippen LogP contribution in [-0.2, 0) is 38.3 Å². The van der Waals surface area contributed by atoms with E-state index in [1.54, 1.807) is 6.08 Å². The van der Waals surface area contributed by atoms with Crippen LogP contribution in [0.3, 0.4) is 0 Å². The van der Waals surface area contributed by atoms with Crippen molar-refractivity contribution in [3.8, 4) is 0 Å². The first-order chi connectivity index (χ1) is 30.6. The number of ether oxygens (including phenoxy) is 4. The van der Waals surface area contributed by atoms with Gasteiger partial charge in [0.15, 0.2) is 6.29 Å². The highest BCUT2D eigenvalue weighted by molar-refractivity contribution is 7.80. The summed E-state index contributed by atoms with van der Waals surface area (Å²) in [7, 11) is -5.08. The molecule has 1 fully saturated rings. The summed E-state index contributed by atoms with van der Waals surface area (Å²) in [5.41, 5.74) is 0. The number of hydrogen-bond donors (Lipinski definition) is 4. The van der Waals surface area contributed by atoms with Crippen LogP contribution in [0.1, 0.15) is 187 Å². The number of aliphatic hydroxyl groups excluding tert-OH is 3. The molecule has 63 heavy (non-hydrogen) atoms. The molecule has 0 aromatic rings. The Hall–Kier alpha value is -2.20. The Morgan fingerprint density at radius 3 is 1.46 bits per heavy atom. The Morgan fingerprint density at radius 2 is 1.03 bits per heavy atom. The first-order valence-electron chi connectivity index (χ1n) is 24.5. The average Bonchev–Trinajstić information content (AvgIpc) is 3.26. The van der Waals surface area contributed by atoms with Crippen molar-refractivity contribution < 1.29 is 56.2 Å². The molecule has 366 valence electrons. The van der Waals surface area contributed by atoms with Crippen LogP contribution in [0, 0.1) is 0 Å². The molecule has 0 radical (unpaired) electrons. The molecule has 0 aromatic heterocycles. The van der Waals surface area contributed by atoms with Crippen molar-refractivity contribution in [2.75, 3.05) is 26.4 Å². The summed E-state index contributed by atoms with van der Waals surface area (Å²) in [4.78, 5) is 12.8. The monoisotopic (exact) mass is 913 g/mol. The van der Waals surface area contributed by atoms with E-state index in [9.17, 15) is 28.5 Å². The third-order valence-corrected chi connectivity index (χ3v) is 11.4. The molecule has 1 aliphatic heterocycles. The lowest BCUT2D eigenvalue weighted by Gasteiger charge is -2.41. The number of rotatable bonds is 42. The zero-order valence-electron chi connectivity index (χ0n) is 39.1. The molecule has 0 saturated carbocycles. The number of carbonyl (C=O) groups is 1. The van der Waals surface area contributed by atoms with E-state index < -0.39 is 59.8 Å². The number of carbonyl (C=O) groups excluding carboxylic acids is 1. The number of allylic oxidation sites excluding steroid dienone is 9. The van der Waals surface area contributed by atoms with E-state index in [1.807, 2.05) is 12.2 Å². The minimum Gasteiger partial charge on any atom is -0.457 e. The van der Waals surface area contributed by atoms with E-state index in [0.717, 1.165) is 44.9 Å². The van der Waals surface area contributed by atoms with Gasteiger partial charge >= 0.3 is 16.4 Å². The number of hydrogen-bond acceptors (Lipinski definition) is 11. The van der Waals surface area contributed by atoms with Crippen LogP contribution in [0.25, 0.3) is 0 Å². The summed E-state index contributed by atoms with van der Waals surface area (Å²) in [6.07, 6.45) is 42.9. The molecule has 6 atom stereocenters. The minimum absolute atomic E-state index is 0.00355. The van der Waals surface area contributed by atoms with Crippen molar-refractivity contribution >= 4 is 16.4 Å². The molecule has 0 bridgehead atoms. The molecular formula is C50H88O12S. The molecule has 1 saturated heterocycles. The molecule has 0 amide bonds. The summed E-state index contributed by atoms with van der Waals surface area (Å²) in [6.45, 7) is 3.77. The fourth-order valence-electron chi connectivity index (χ4n) is 7.28. The zero-order valence-corrected chi connectivity index (χ0v) is 39.9. The van der Waals surface area contributed by atoms with Gasteiger partial charge in [-0.2, -0.15) is 8.42 Å². The number of esters is 1. The molecule has 4 N–H and O–H groups in total. The van der Waals surface area contributed by atoms with Crippen LogP contribution < -0.4 is 0 Å². The predicted molar refractivity (Wildman–Crippen MR) is 253 cm³/mol. The maximum absolute atomic E-state index is 12.8. The van der Waals surface area contributed by atoms with E-state index >= 15 is 0 Å². The fourth-order valence-corrected chi connectivity index (χ4v) is 7.79. The van der Waals surface area contributed by atoms with Gasteiger partial charge in [0, 0.05) is 6.61 Å². The topological polar surface area (TPSA) is 178 Å². The van der Waals surface area contributed by atoms with E-state index in [2.05, 4.69) is 60.6 Å². The third-order valence-electron chi connectivity index (χ3n) is 10.9. The van der Waals surface area contributed by atoms with Gasteiger partial charge in [0.2, 0.25) is 0 Å². The molecule has 1 heterocycles. The number of aliphatic hydroxyl groups is 3. The average molecular weight is 913 g/mol. The summed E-state index contributed by atoms with van der Waals surface area (Å²) < 4.78 is 59.0.